The van der Waals surface area contributed by atoms with E-state index in [-0.39, 0.29) is 15.8 Å². The molecule has 2 rings (SSSR count). The Hall–Kier alpha value is -2.74. The predicted molar refractivity (Wildman–Crippen MR) is 88.8 cm³/mol. The average Bonchev–Trinajstić information content (AvgIpc) is 3.05. The van der Waals surface area contributed by atoms with Gasteiger partial charge in [-0.3, -0.25) is 14.9 Å². The maximum Gasteiger partial charge on any atom is 0.349 e. The summed E-state index contributed by atoms with van der Waals surface area (Å²) in [6, 6.07) is 12.0. The molecule has 0 aliphatic rings. The summed E-state index contributed by atoms with van der Waals surface area (Å²) in [5.41, 5.74) is 0.959. The molecule has 1 atom stereocenters. The summed E-state index contributed by atoms with van der Waals surface area (Å²) in [6.07, 6.45) is -0.979. The number of rotatable bonds is 6. The van der Waals surface area contributed by atoms with Crippen molar-refractivity contribution < 1.29 is 19.2 Å². The van der Waals surface area contributed by atoms with Crippen LogP contribution in [0.25, 0.3) is 0 Å². The van der Waals surface area contributed by atoms with Gasteiger partial charge in [0.05, 0.1) is 4.92 Å². The molecule has 1 aromatic heterocycles. The fourth-order valence-corrected chi connectivity index (χ4v) is 2.75. The highest BCUT2D eigenvalue weighted by atomic mass is 32.1. The Kier molecular flexibility index (Phi) is 5.64. The van der Waals surface area contributed by atoms with Crippen LogP contribution in [0, 0.1) is 10.1 Å². The van der Waals surface area contributed by atoms with Crippen LogP contribution in [0.15, 0.2) is 42.5 Å². The van der Waals surface area contributed by atoms with Crippen molar-refractivity contribution in [3.63, 3.8) is 0 Å². The predicted octanol–water partition coefficient (Wildman–Crippen LogP) is 2.86. The number of ether oxygens (including phenoxy) is 1. The van der Waals surface area contributed by atoms with Crippen molar-refractivity contribution in [3.05, 3.63) is 63.0 Å². The van der Waals surface area contributed by atoms with Crippen molar-refractivity contribution in [2.45, 2.75) is 19.6 Å². The number of benzene rings is 1. The molecule has 8 heteroatoms. The van der Waals surface area contributed by atoms with E-state index in [2.05, 4.69) is 0 Å². The third kappa shape index (κ3) is 4.39. The summed E-state index contributed by atoms with van der Waals surface area (Å²) in [5, 5.41) is 10.5. The molecule has 0 aliphatic carbocycles. The van der Waals surface area contributed by atoms with Gasteiger partial charge >= 0.3 is 11.0 Å². The lowest BCUT2D eigenvalue weighted by Crippen LogP contribution is -2.37. The van der Waals surface area contributed by atoms with Gasteiger partial charge in [-0.2, -0.15) is 0 Å². The fraction of sp³-hybridized carbons (Fsp3) is 0.250. The van der Waals surface area contributed by atoms with Gasteiger partial charge in [-0.05, 0) is 18.6 Å². The molecule has 0 unspecified atom stereocenters. The number of hydrogen-bond donors (Lipinski definition) is 0. The fourth-order valence-electron chi connectivity index (χ4n) is 2.05. The third-order valence-electron chi connectivity index (χ3n) is 3.24. The number of carbonyl (C=O) groups excluding carboxylic acids is 2. The molecule has 24 heavy (non-hydrogen) atoms. The molecule has 0 radical (unpaired) electrons. The van der Waals surface area contributed by atoms with E-state index < -0.39 is 17.0 Å². The maximum atomic E-state index is 12.3. The van der Waals surface area contributed by atoms with E-state index in [1.54, 1.807) is 7.05 Å². The monoisotopic (exact) mass is 348 g/mol. The molecule has 126 valence electrons. The number of likely N-dealkylation sites (N-methyl/N-ethyl adjacent to an activating group) is 1. The van der Waals surface area contributed by atoms with E-state index in [1.807, 2.05) is 30.3 Å². The van der Waals surface area contributed by atoms with Gasteiger partial charge in [0, 0.05) is 19.7 Å². The van der Waals surface area contributed by atoms with E-state index in [9.17, 15) is 19.7 Å². The molecular formula is C16H16N2O5S. The summed E-state index contributed by atoms with van der Waals surface area (Å²) in [4.78, 5) is 35.8. The number of thiophene rings is 1. The molecule has 0 spiro atoms. The quantitative estimate of drug-likeness (QED) is 0.455. The summed E-state index contributed by atoms with van der Waals surface area (Å²) < 4.78 is 5.11. The minimum Gasteiger partial charge on any atom is -0.448 e. The highest BCUT2D eigenvalue weighted by Gasteiger charge is 2.24. The molecule has 1 aromatic carbocycles. The van der Waals surface area contributed by atoms with Crippen molar-refractivity contribution in [2.75, 3.05) is 7.05 Å². The van der Waals surface area contributed by atoms with E-state index in [4.69, 9.17) is 4.74 Å². The standard InChI is InChI=1S/C16H16N2O5S/c1-11(15(19)17(2)10-12-6-4-3-5-7-12)23-16(20)13-8-9-14(24-13)18(21)22/h3-9,11H,10H2,1-2H3/t11-/m0/s1. The Morgan fingerprint density at radius 2 is 1.92 bits per heavy atom. The molecule has 1 amide bonds. The molecule has 7 nitrogen and oxygen atoms in total. The second-order valence-corrected chi connectivity index (χ2v) is 6.18. The Morgan fingerprint density at radius 1 is 1.25 bits per heavy atom. The Balaban J connectivity index is 1.94. The summed E-state index contributed by atoms with van der Waals surface area (Å²) in [5.74, 6) is -1.10. The van der Waals surface area contributed by atoms with Crippen LogP contribution in [0.1, 0.15) is 22.2 Å². The first kappa shape index (κ1) is 17.6. The number of nitrogens with zero attached hydrogens (tertiary/aromatic N) is 2. The van der Waals surface area contributed by atoms with Crippen molar-refractivity contribution in [3.8, 4) is 0 Å². The van der Waals surface area contributed by atoms with Gasteiger partial charge in [0.1, 0.15) is 4.88 Å². The largest absolute Gasteiger partial charge is 0.448 e. The summed E-state index contributed by atoms with van der Waals surface area (Å²) in [6.45, 7) is 1.87. The van der Waals surface area contributed by atoms with Crippen LogP contribution in [0.4, 0.5) is 5.00 Å². The normalized spacial score (nSPS) is 11.6. The lowest BCUT2D eigenvalue weighted by atomic mass is 10.2. The molecule has 0 saturated carbocycles. The lowest BCUT2D eigenvalue weighted by Gasteiger charge is -2.21. The van der Waals surface area contributed by atoms with Gasteiger partial charge in [-0.25, -0.2) is 4.79 Å². The van der Waals surface area contributed by atoms with Gasteiger partial charge < -0.3 is 9.64 Å². The van der Waals surface area contributed by atoms with Crippen molar-refractivity contribution >= 4 is 28.2 Å². The zero-order chi connectivity index (χ0) is 17.7. The molecule has 0 N–H and O–H groups in total. The maximum absolute atomic E-state index is 12.3. The van der Waals surface area contributed by atoms with E-state index in [0.717, 1.165) is 5.56 Å². The number of esters is 1. The number of carbonyl (C=O) groups is 2. The first-order valence-electron chi connectivity index (χ1n) is 7.12. The number of hydrogen-bond acceptors (Lipinski definition) is 6. The molecule has 2 aromatic rings. The molecule has 0 aliphatic heterocycles. The average molecular weight is 348 g/mol. The zero-order valence-corrected chi connectivity index (χ0v) is 14.0. The van der Waals surface area contributed by atoms with Crippen molar-refractivity contribution in [2.24, 2.45) is 0 Å². The Morgan fingerprint density at radius 3 is 2.50 bits per heavy atom. The van der Waals surface area contributed by atoms with Crippen LogP contribution in [0.2, 0.25) is 0 Å². The smallest absolute Gasteiger partial charge is 0.349 e. The van der Waals surface area contributed by atoms with Crippen molar-refractivity contribution in [1.82, 2.24) is 4.90 Å². The number of amides is 1. The highest BCUT2D eigenvalue weighted by molar-refractivity contribution is 7.17. The van der Waals surface area contributed by atoms with Crippen LogP contribution in [0.3, 0.4) is 0 Å². The third-order valence-corrected chi connectivity index (χ3v) is 4.26. The first-order valence-corrected chi connectivity index (χ1v) is 7.94. The summed E-state index contributed by atoms with van der Waals surface area (Å²) in [7, 11) is 1.62. The SMILES string of the molecule is C[C@H](OC(=O)c1ccc([N+](=O)[O-])s1)C(=O)N(C)Cc1ccccc1. The van der Waals surface area contributed by atoms with E-state index >= 15 is 0 Å². The van der Waals surface area contributed by atoms with Crippen LogP contribution in [0.5, 0.6) is 0 Å². The van der Waals surface area contributed by atoms with E-state index in [1.165, 1.54) is 24.0 Å². The van der Waals surface area contributed by atoms with Gasteiger partial charge in [0.15, 0.2) is 6.10 Å². The molecule has 0 saturated heterocycles. The first-order chi connectivity index (χ1) is 11.4. The minimum atomic E-state index is -0.979. The van der Waals surface area contributed by atoms with Crippen LogP contribution in [-0.4, -0.2) is 34.9 Å². The topological polar surface area (TPSA) is 89.7 Å². The van der Waals surface area contributed by atoms with Crippen LogP contribution < -0.4 is 0 Å². The van der Waals surface area contributed by atoms with E-state index in [0.29, 0.717) is 17.9 Å². The van der Waals surface area contributed by atoms with Gasteiger partial charge in [0.2, 0.25) is 0 Å². The zero-order valence-electron chi connectivity index (χ0n) is 13.2. The number of nitro groups is 1. The van der Waals surface area contributed by atoms with Gasteiger partial charge in [-0.15, -0.1) is 0 Å². The van der Waals surface area contributed by atoms with Crippen LogP contribution >= 0.6 is 11.3 Å². The highest BCUT2D eigenvalue weighted by Crippen LogP contribution is 2.24. The van der Waals surface area contributed by atoms with Gasteiger partial charge in [-0.1, -0.05) is 41.7 Å². The second-order valence-electron chi connectivity index (χ2n) is 5.12. The molecule has 0 fully saturated rings. The van der Waals surface area contributed by atoms with Crippen LogP contribution in [-0.2, 0) is 16.1 Å². The molecule has 1 heterocycles. The summed E-state index contributed by atoms with van der Waals surface area (Å²) >= 11 is 0.715. The second kappa shape index (κ2) is 7.69. The minimum absolute atomic E-state index is 0.0899. The molecule has 0 bridgehead atoms. The Labute approximate surface area is 142 Å². The Bertz CT molecular complexity index is 744. The van der Waals surface area contributed by atoms with Crippen molar-refractivity contribution in [1.29, 1.82) is 0 Å². The van der Waals surface area contributed by atoms with Gasteiger partial charge in [0.25, 0.3) is 5.91 Å². The molecular weight excluding hydrogens is 332 g/mol. The lowest BCUT2D eigenvalue weighted by molar-refractivity contribution is -0.380.